The number of aromatic amines is 1. The van der Waals surface area contributed by atoms with Gasteiger partial charge in [0, 0.05) is 29.7 Å². The Bertz CT molecular complexity index is 1200. The Kier molecular flexibility index (Phi) is 5.48. The van der Waals surface area contributed by atoms with Gasteiger partial charge in [0.2, 0.25) is 10.0 Å². The van der Waals surface area contributed by atoms with Crippen LogP contribution in [0.5, 0.6) is 5.75 Å². The molecule has 0 aliphatic carbocycles. The quantitative estimate of drug-likeness (QED) is 0.644. The molecular formula is C21H22FN3O4S. The van der Waals surface area contributed by atoms with Gasteiger partial charge in [-0.2, -0.15) is 4.31 Å². The van der Waals surface area contributed by atoms with Gasteiger partial charge in [0.25, 0.3) is 5.91 Å². The number of amides is 1. The standard InChI is InChI=1S/C21H22FN3O4S/c1-29-19-8-6-16(13-20(19)30(27,28)25-9-3-2-4-10-25)23-21(26)18-12-14-11-15(22)5-7-17(14)24-18/h5-8,11-13,24H,2-4,9-10H2,1H3,(H,23,26). The van der Waals surface area contributed by atoms with Crippen molar-refractivity contribution in [1.82, 2.24) is 9.29 Å². The molecule has 7 nitrogen and oxygen atoms in total. The Labute approximate surface area is 173 Å². The second-order valence-electron chi connectivity index (χ2n) is 7.20. The Morgan fingerprint density at radius 3 is 2.60 bits per heavy atom. The number of hydrogen-bond acceptors (Lipinski definition) is 4. The van der Waals surface area contributed by atoms with Gasteiger partial charge in [0.15, 0.2) is 0 Å². The Morgan fingerprint density at radius 2 is 1.87 bits per heavy atom. The van der Waals surface area contributed by atoms with Crippen molar-refractivity contribution in [2.24, 2.45) is 0 Å². The summed E-state index contributed by atoms with van der Waals surface area (Å²) in [6.45, 7) is 0.932. The van der Waals surface area contributed by atoms with Crippen molar-refractivity contribution in [3.63, 3.8) is 0 Å². The van der Waals surface area contributed by atoms with Crippen LogP contribution in [-0.4, -0.2) is 43.8 Å². The summed E-state index contributed by atoms with van der Waals surface area (Å²) in [5.41, 5.74) is 1.19. The molecule has 0 spiro atoms. The molecule has 0 bridgehead atoms. The first-order chi connectivity index (χ1) is 14.4. The van der Waals surface area contributed by atoms with Gasteiger partial charge in [-0.05, 0) is 55.3 Å². The zero-order valence-electron chi connectivity index (χ0n) is 16.4. The van der Waals surface area contributed by atoms with Gasteiger partial charge in [-0.25, -0.2) is 12.8 Å². The van der Waals surface area contributed by atoms with Crippen LogP contribution < -0.4 is 10.1 Å². The van der Waals surface area contributed by atoms with E-state index in [1.165, 1.54) is 35.7 Å². The van der Waals surface area contributed by atoms with Crippen molar-refractivity contribution in [3.8, 4) is 5.75 Å². The number of ether oxygens (including phenoxy) is 1. The molecule has 1 fully saturated rings. The maximum atomic E-state index is 13.4. The van der Waals surface area contributed by atoms with Crippen molar-refractivity contribution in [3.05, 3.63) is 54.0 Å². The summed E-state index contributed by atoms with van der Waals surface area (Å²) in [5.74, 6) is -0.631. The lowest BCUT2D eigenvalue weighted by Gasteiger charge is -2.26. The molecule has 1 aliphatic heterocycles. The van der Waals surface area contributed by atoms with E-state index >= 15 is 0 Å². The number of anilines is 1. The molecule has 0 saturated carbocycles. The van der Waals surface area contributed by atoms with Gasteiger partial charge in [0.1, 0.15) is 22.2 Å². The van der Waals surface area contributed by atoms with Gasteiger partial charge < -0.3 is 15.0 Å². The lowest BCUT2D eigenvalue weighted by atomic mass is 10.2. The van der Waals surface area contributed by atoms with Crippen LogP contribution in [0.3, 0.4) is 0 Å². The third-order valence-electron chi connectivity index (χ3n) is 5.18. The summed E-state index contributed by atoms with van der Waals surface area (Å²) in [6.07, 6.45) is 2.64. The second-order valence-corrected chi connectivity index (χ2v) is 9.11. The number of halogens is 1. The number of aromatic nitrogens is 1. The van der Waals surface area contributed by atoms with Crippen molar-refractivity contribution in [2.75, 3.05) is 25.5 Å². The van der Waals surface area contributed by atoms with E-state index in [0.29, 0.717) is 29.7 Å². The molecule has 3 aromatic rings. The highest BCUT2D eigenvalue weighted by molar-refractivity contribution is 7.89. The van der Waals surface area contributed by atoms with Crippen molar-refractivity contribution in [1.29, 1.82) is 0 Å². The highest BCUT2D eigenvalue weighted by Crippen LogP contribution is 2.31. The average Bonchev–Trinajstić information content (AvgIpc) is 3.17. The molecule has 1 aliphatic rings. The maximum absolute atomic E-state index is 13.4. The third-order valence-corrected chi connectivity index (χ3v) is 7.10. The highest BCUT2D eigenvalue weighted by Gasteiger charge is 2.29. The number of H-pyrrole nitrogens is 1. The van der Waals surface area contributed by atoms with Crippen molar-refractivity contribution < 1.29 is 22.3 Å². The molecule has 1 amide bonds. The predicted molar refractivity (Wildman–Crippen MR) is 112 cm³/mol. The molecule has 158 valence electrons. The van der Waals surface area contributed by atoms with Crippen LogP contribution in [0.25, 0.3) is 10.9 Å². The van der Waals surface area contributed by atoms with Gasteiger partial charge in [-0.15, -0.1) is 0 Å². The minimum Gasteiger partial charge on any atom is -0.495 e. The first-order valence-corrected chi connectivity index (χ1v) is 11.1. The predicted octanol–water partition coefficient (Wildman–Crippen LogP) is 3.74. The minimum atomic E-state index is -3.75. The number of rotatable bonds is 5. The van der Waals surface area contributed by atoms with E-state index in [9.17, 15) is 17.6 Å². The van der Waals surface area contributed by atoms with Crippen LogP contribution in [0.1, 0.15) is 29.8 Å². The minimum absolute atomic E-state index is 0.0171. The molecule has 30 heavy (non-hydrogen) atoms. The number of methoxy groups -OCH3 is 1. The summed E-state index contributed by atoms with van der Waals surface area (Å²) < 4.78 is 46.3. The molecule has 1 saturated heterocycles. The summed E-state index contributed by atoms with van der Waals surface area (Å²) in [5, 5.41) is 3.27. The number of carbonyl (C=O) groups is 1. The summed E-state index contributed by atoms with van der Waals surface area (Å²) in [7, 11) is -2.34. The van der Waals surface area contributed by atoms with E-state index in [0.717, 1.165) is 19.3 Å². The fourth-order valence-corrected chi connectivity index (χ4v) is 5.32. The molecular weight excluding hydrogens is 409 g/mol. The molecule has 2 N–H and O–H groups in total. The van der Waals surface area contributed by atoms with Gasteiger partial charge in [-0.3, -0.25) is 4.79 Å². The Balaban J connectivity index is 1.62. The third kappa shape index (κ3) is 3.90. The Morgan fingerprint density at radius 1 is 1.10 bits per heavy atom. The number of nitrogens with one attached hydrogen (secondary N) is 2. The smallest absolute Gasteiger partial charge is 0.272 e. The SMILES string of the molecule is COc1ccc(NC(=O)c2cc3cc(F)ccc3[nH]2)cc1S(=O)(=O)N1CCCCC1. The summed E-state index contributed by atoms with van der Waals surface area (Å²) in [4.78, 5) is 15.6. The number of nitrogens with zero attached hydrogens (tertiary/aromatic N) is 1. The summed E-state index contributed by atoms with van der Waals surface area (Å²) >= 11 is 0. The lowest BCUT2D eigenvalue weighted by molar-refractivity contribution is 0.102. The zero-order valence-corrected chi connectivity index (χ0v) is 17.3. The number of benzene rings is 2. The molecule has 0 radical (unpaired) electrons. The normalized spacial score (nSPS) is 15.3. The van der Waals surface area contributed by atoms with E-state index in [4.69, 9.17) is 4.74 Å². The fourth-order valence-electron chi connectivity index (χ4n) is 3.62. The number of piperidine rings is 1. The highest BCUT2D eigenvalue weighted by atomic mass is 32.2. The molecule has 2 aromatic carbocycles. The van der Waals surface area contributed by atoms with E-state index < -0.39 is 21.7 Å². The molecule has 0 unspecified atom stereocenters. The van der Waals surface area contributed by atoms with E-state index in [1.54, 1.807) is 18.2 Å². The first kappa shape index (κ1) is 20.4. The van der Waals surface area contributed by atoms with Crippen LogP contribution in [0, 0.1) is 5.82 Å². The molecule has 4 rings (SSSR count). The van der Waals surface area contributed by atoms with E-state index in [2.05, 4.69) is 10.3 Å². The molecule has 0 atom stereocenters. The van der Waals surface area contributed by atoms with Crippen LogP contribution in [0.4, 0.5) is 10.1 Å². The fraction of sp³-hybridized carbons (Fsp3) is 0.286. The molecule has 9 heteroatoms. The van der Waals surface area contributed by atoms with E-state index in [1.807, 2.05) is 0 Å². The number of hydrogen-bond donors (Lipinski definition) is 2. The number of fused-ring (bicyclic) bond motifs is 1. The van der Waals surface area contributed by atoms with Gasteiger partial charge in [-0.1, -0.05) is 6.42 Å². The van der Waals surface area contributed by atoms with E-state index in [-0.39, 0.29) is 16.3 Å². The van der Waals surface area contributed by atoms with Gasteiger partial charge >= 0.3 is 0 Å². The molecule has 1 aromatic heterocycles. The number of carbonyl (C=O) groups excluding carboxylic acids is 1. The topological polar surface area (TPSA) is 91.5 Å². The van der Waals surface area contributed by atoms with Crippen LogP contribution in [0.15, 0.2) is 47.4 Å². The average molecular weight is 431 g/mol. The second kappa shape index (κ2) is 8.08. The number of sulfonamides is 1. The van der Waals surface area contributed by atoms with Crippen LogP contribution in [0.2, 0.25) is 0 Å². The largest absolute Gasteiger partial charge is 0.495 e. The monoisotopic (exact) mass is 431 g/mol. The van der Waals surface area contributed by atoms with Crippen LogP contribution in [-0.2, 0) is 10.0 Å². The molecule has 2 heterocycles. The Hall–Kier alpha value is -2.91. The van der Waals surface area contributed by atoms with Crippen molar-refractivity contribution in [2.45, 2.75) is 24.2 Å². The lowest BCUT2D eigenvalue weighted by Crippen LogP contribution is -2.35. The zero-order chi connectivity index (χ0) is 21.3. The summed E-state index contributed by atoms with van der Waals surface area (Å²) in [6, 6.07) is 10.2. The maximum Gasteiger partial charge on any atom is 0.272 e. The van der Waals surface area contributed by atoms with Crippen LogP contribution >= 0.6 is 0 Å². The van der Waals surface area contributed by atoms with Crippen molar-refractivity contribution >= 4 is 32.5 Å². The van der Waals surface area contributed by atoms with Gasteiger partial charge in [0.05, 0.1) is 7.11 Å². The first-order valence-electron chi connectivity index (χ1n) is 9.66.